The SMILES string of the molecule is COCCN1C(=O)C(=O)/C(=C(/O)c2ccc(OC)cc2C)[C@H]1c1ccc(O)cc1. The summed E-state index contributed by atoms with van der Waals surface area (Å²) in [6.45, 7) is 2.21. The molecule has 0 bridgehead atoms. The van der Waals surface area contributed by atoms with Gasteiger partial charge in [0.2, 0.25) is 0 Å². The fraction of sp³-hybridized carbons (Fsp3) is 0.273. The Morgan fingerprint density at radius 1 is 1.10 bits per heavy atom. The van der Waals surface area contributed by atoms with Crippen LogP contribution in [0.2, 0.25) is 0 Å². The van der Waals surface area contributed by atoms with Gasteiger partial charge in [-0.15, -0.1) is 0 Å². The van der Waals surface area contributed by atoms with Gasteiger partial charge in [-0.3, -0.25) is 9.59 Å². The van der Waals surface area contributed by atoms with Gasteiger partial charge < -0.3 is 24.6 Å². The summed E-state index contributed by atoms with van der Waals surface area (Å²) in [5, 5.41) is 20.6. The molecule has 1 atom stereocenters. The zero-order valence-electron chi connectivity index (χ0n) is 16.5. The molecule has 2 N–H and O–H groups in total. The summed E-state index contributed by atoms with van der Waals surface area (Å²) in [5.41, 5.74) is 1.75. The average molecular weight is 397 g/mol. The van der Waals surface area contributed by atoms with Crippen molar-refractivity contribution in [2.45, 2.75) is 13.0 Å². The van der Waals surface area contributed by atoms with E-state index in [-0.39, 0.29) is 30.2 Å². The molecule has 1 fully saturated rings. The lowest BCUT2D eigenvalue weighted by Crippen LogP contribution is -2.32. The van der Waals surface area contributed by atoms with Crippen molar-refractivity contribution in [2.75, 3.05) is 27.4 Å². The number of Topliss-reactive ketones (excluding diaryl/α,β-unsaturated/α-hetero) is 1. The van der Waals surface area contributed by atoms with Gasteiger partial charge in [0.05, 0.1) is 25.3 Å². The van der Waals surface area contributed by atoms with E-state index in [0.29, 0.717) is 22.4 Å². The number of hydrogen-bond acceptors (Lipinski definition) is 6. The lowest BCUT2D eigenvalue weighted by atomic mass is 9.94. The first kappa shape index (κ1) is 20.4. The number of nitrogens with zero attached hydrogens (tertiary/aromatic N) is 1. The van der Waals surface area contributed by atoms with Crippen molar-refractivity contribution in [3.63, 3.8) is 0 Å². The Kier molecular flexibility index (Phi) is 5.89. The number of carbonyl (C=O) groups excluding carboxylic acids is 2. The third kappa shape index (κ3) is 3.82. The highest BCUT2D eigenvalue weighted by Gasteiger charge is 2.45. The normalized spacial score (nSPS) is 18.3. The second-order valence-corrected chi connectivity index (χ2v) is 6.76. The molecule has 1 heterocycles. The van der Waals surface area contributed by atoms with Gasteiger partial charge in [-0.25, -0.2) is 0 Å². The summed E-state index contributed by atoms with van der Waals surface area (Å²) < 4.78 is 10.3. The number of carbonyl (C=O) groups is 2. The number of hydrogen-bond donors (Lipinski definition) is 2. The Balaban J connectivity index is 2.17. The maximum atomic E-state index is 12.9. The largest absolute Gasteiger partial charge is 0.508 e. The van der Waals surface area contributed by atoms with Crippen molar-refractivity contribution < 1.29 is 29.3 Å². The van der Waals surface area contributed by atoms with Crippen LogP contribution in [-0.2, 0) is 14.3 Å². The molecule has 0 unspecified atom stereocenters. The van der Waals surface area contributed by atoms with E-state index in [1.807, 2.05) is 0 Å². The average Bonchev–Trinajstić information content (AvgIpc) is 2.96. The number of phenols is 1. The maximum absolute atomic E-state index is 12.9. The third-order valence-corrected chi connectivity index (χ3v) is 4.97. The minimum atomic E-state index is -0.785. The van der Waals surface area contributed by atoms with Crippen molar-refractivity contribution in [3.05, 3.63) is 64.7 Å². The number of methoxy groups -OCH3 is 2. The van der Waals surface area contributed by atoms with Crippen molar-refractivity contribution in [1.29, 1.82) is 0 Å². The fourth-order valence-electron chi connectivity index (χ4n) is 3.48. The molecule has 2 aromatic carbocycles. The molecular weight excluding hydrogens is 374 g/mol. The predicted molar refractivity (Wildman–Crippen MR) is 107 cm³/mol. The van der Waals surface area contributed by atoms with Crippen molar-refractivity contribution in [1.82, 2.24) is 4.90 Å². The van der Waals surface area contributed by atoms with Gasteiger partial charge in [0, 0.05) is 19.2 Å². The molecule has 3 rings (SSSR count). The Morgan fingerprint density at radius 3 is 2.38 bits per heavy atom. The van der Waals surface area contributed by atoms with E-state index < -0.39 is 17.7 Å². The topological polar surface area (TPSA) is 96.3 Å². The third-order valence-electron chi connectivity index (χ3n) is 4.97. The number of likely N-dealkylation sites (tertiary alicyclic amines) is 1. The molecule has 0 aromatic heterocycles. The van der Waals surface area contributed by atoms with E-state index in [0.717, 1.165) is 0 Å². The molecule has 0 spiro atoms. The lowest BCUT2D eigenvalue weighted by Gasteiger charge is -2.25. The summed E-state index contributed by atoms with van der Waals surface area (Å²) in [6.07, 6.45) is 0. The number of aromatic hydroxyl groups is 1. The van der Waals surface area contributed by atoms with E-state index in [9.17, 15) is 19.8 Å². The van der Waals surface area contributed by atoms with Gasteiger partial charge in [0.15, 0.2) is 0 Å². The van der Waals surface area contributed by atoms with Crippen molar-refractivity contribution in [3.8, 4) is 11.5 Å². The second-order valence-electron chi connectivity index (χ2n) is 6.76. The highest BCUT2D eigenvalue weighted by Crippen LogP contribution is 2.40. The molecule has 1 amide bonds. The number of aryl methyl sites for hydroxylation is 1. The monoisotopic (exact) mass is 397 g/mol. The molecule has 0 aliphatic carbocycles. The first-order valence-corrected chi connectivity index (χ1v) is 9.10. The van der Waals surface area contributed by atoms with Crippen molar-refractivity contribution in [2.24, 2.45) is 0 Å². The summed E-state index contributed by atoms with van der Waals surface area (Å²) in [5.74, 6) is -1.02. The molecule has 7 heteroatoms. The van der Waals surface area contributed by atoms with Crippen LogP contribution in [0, 0.1) is 6.92 Å². The minimum absolute atomic E-state index is 0.00468. The number of amides is 1. The summed E-state index contributed by atoms with van der Waals surface area (Å²) >= 11 is 0. The summed E-state index contributed by atoms with van der Waals surface area (Å²) in [4.78, 5) is 26.9. The second kappa shape index (κ2) is 8.36. The Labute approximate surface area is 168 Å². The summed E-state index contributed by atoms with van der Waals surface area (Å²) in [7, 11) is 3.05. The number of ketones is 1. The van der Waals surface area contributed by atoms with E-state index in [1.54, 1.807) is 44.4 Å². The van der Waals surface area contributed by atoms with Crippen LogP contribution >= 0.6 is 0 Å². The zero-order chi connectivity index (χ0) is 21.1. The van der Waals surface area contributed by atoms with E-state index in [2.05, 4.69) is 0 Å². The Hall–Kier alpha value is -3.32. The van der Waals surface area contributed by atoms with Crippen LogP contribution in [0.25, 0.3) is 5.76 Å². The quantitative estimate of drug-likeness (QED) is 0.442. The number of rotatable bonds is 6. The Bertz CT molecular complexity index is 964. The lowest BCUT2D eigenvalue weighted by molar-refractivity contribution is -0.140. The van der Waals surface area contributed by atoms with Gasteiger partial charge in [-0.05, 0) is 48.4 Å². The first-order chi connectivity index (χ1) is 13.9. The highest BCUT2D eigenvalue weighted by atomic mass is 16.5. The van der Waals surface area contributed by atoms with Gasteiger partial charge in [-0.2, -0.15) is 0 Å². The van der Waals surface area contributed by atoms with E-state index in [4.69, 9.17) is 9.47 Å². The Morgan fingerprint density at radius 2 is 1.79 bits per heavy atom. The molecule has 152 valence electrons. The number of phenolic OH excluding ortho intramolecular Hbond substituents is 1. The van der Waals surface area contributed by atoms with Crippen LogP contribution in [0.1, 0.15) is 22.7 Å². The zero-order valence-corrected chi connectivity index (χ0v) is 16.5. The molecule has 1 aliphatic rings. The van der Waals surface area contributed by atoms with Crippen LogP contribution in [0.3, 0.4) is 0 Å². The molecule has 1 aliphatic heterocycles. The number of benzene rings is 2. The number of aliphatic hydroxyl groups is 1. The number of ether oxygens (including phenoxy) is 2. The maximum Gasteiger partial charge on any atom is 0.295 e. The van der Waals surface area contributed by atoms with Gasteiger partial charge in [0.1, 0.15) is 17.3 Å². The molecule has 0 radical (unpaired) electrons. The highest BCUT2D eigenvalue weighted by molar-refractivity contribution is 6.46. The van der Waals surface area contributed by atoms with E-state index in [1.165, 1.54) is 24.1 Å². The standard InChI is InChI=1S/C22H23NO6/c1-13-12-16(29-3)8-9-17(13)20(25)18-19(14-4-6-15(24)7-5-14)23(10-11-28-2)22(27)21(18)26/h4-9,12,19,24-25H,10-11H2,1-3H3/b20-18+/t19-/m1/s1. The number of aliphatic hydroxyl groups excluding tert-OH is 1. The predicted octanol–water partition coefficient (Wildman–Crippen LogP) is 2.78. The summed E-state index contributed by atoms with van der Waals surface area (Å²) in [6, 6.07) is 10.5. The van der Waals surface area contributed by atoms with Crippen LogP contribution < -0.4 is 4.74 Å². The molecule has 29 heavy (non-hydrogen) atoms. The molecule has 1 saturated heterocycles. The van der Waals surface area contributed by atoms with Gasteiger partial charge in [-0.1, -0.05) is 12.1 Å². The van der Waals surface area contributed by atoms with Crippen LogP contribution in [0.15, 0.2) is 48.0 Å². The van der Waals surface area contributed by atoms with Gasteiger partial charge in [0.25, 0.3) is 11.7 Å². The van der Waals surface area contributed by atoms with E-state index >= 15 is 0 Å². The molecular formula is C22H23NO6. The minimum Gasteiger partial charge on any atom is -0.508 e. The smallest absolute Gasteiger partial charge is 0.295 e. The first-order valence-electron chi connectivity index (χ1n) is 9.10. The molecule has 7 nitrogen and oxygen atoms in total. The van der Waals surface area contributed by atoms with Crippen molar-refractivity contribution >= 4 is 17.4 Å². The van der Waals surface area contributed by atoms with Crippen LogP contribution in [0.4, 0.5) is 0 Å². The fourth-order valence-corrected chi connectivity index (χ4v) is 3.48. The molecule has 0 saturated carbocycles. The van der Waals surface area contributed by atoms with Gasteiger partial charge >= 0.3 is 0 Å². The van der Waals surface area contributed by atoms with Crippen LogP contribution in [0.5, 0.6) is 11.5 Å². The molecule has 2 aromatic rings. The van der Waals surface area contributed by atoms with Crippen LogP contribution in [-0.4, -0.2) is 54.2 Å².